The predicted octanol–water partition coefficient (Wildman–Crippen LogP) is 5.28. The van der Waals surface area contributed by atoms with Crippen LogP contribution in [0.5, 0.6) is 0 Å². The van der Waals surface area contributed by atoms with Gasteiger partial charge in [0.1, 0.15) is 0 Å². The van der Waals surface area contributed by atoms with Crippen LogP contribution in [0.2, 0.25) is 5.02 Å². The lowest BCUT2D eigenvalue weighted by Crippen LogP contribution is -2.24. The van der Waals surface area contributed by atoms with E-state index in [-0.39, 0.29) is 0 Å². The van der Waals surface area contributed by atoms with Crippen LogP contribution in [0.1, 0.15) is 26.3 Å². The number of nitrogens with zero attached hydrogens (tertiary/aromatic N) is 2. The second-order valence-corrected chi connectivity index (χ2v) is 6.91. The van der Waals surface area contributed by atoms with Crippen molar-refractivity contribution in [1.82, 2.24) is 5.01 Å². The number of carbonyl (C=O) groups is 2. The molecule has 134 valence electrons. The van der Waals surface area contributed by atoms with Gasteiger partial charge in [-0.25, -0.2) is 0 Å². The monoisotopic (exact) mass is 384 g/mol. The van der Waals surface area contributed by atoms with E-state index in [0.717, 1.165) is 32.1 Å². The van der Waals surface area contributed by atoms with Crippen LogP contribution >= 0.6 is 11.6 Å². The first-order valence-electron chi connectivity index (χ1n) is 8.77. The van der Waals surface area contributed by atoms with E-state index in [1.54, 1.807) is 30.5 Å². The molecule has 0 saturated carbocycles. The second kappa shape index (κ2) is 6.29. The van der Waals surface area contributed by atoms with Gasteiger partial charge in [0, 0.05) is 16.3 Å². The molecule has 4 aromatic carbocycles. The van der Waals surface area contributed by atoms with Gasteiger partial charge in [-0.15, -0.1) is 0 Å². The van der Waals surface area contributed by atoms with Gasteiger partial charge in [-0.05, 0) is 22.9 Å². The van der Waals surface area contributed by atoms with Crippen molar-refractivity contribution in [2.75, 3.05) is 0 Å². The van der Waals surface area contributed by atoms with Crippen molar-refractivity contribution in [1.29, 1.82) is 0 Å². The van der Waals surface area contributed by atoms with E-state index in [9.17, 15) is 9.59 Å². The molecule has 4 nitrogen and oxygen atoms in total. The third-order valence-electron chi connectivity index (χ3n) is 4.98. The van der Waals surface area contributed by atoms with Crippen LogP contribution in [0.25, 0.3) is 21.5 Å². The van der Waals surface area contributed by atoms with E-state index in [0.29, 0.717) is 16.1 Å². The second-order valence-electron chi connectivity index (χ2n) is 6.53. The molecule has 5 rings (SSSR count). The fourth-order valence-corrected chi connectivity index (χ4v) is 3.97. The van der Waals surface area contributed by atoms with Gasteiger partial charge in [0.15, 0.2) is 0 Å². The molecule has 0 bridgehead atoms. The van der Waals surface area contributed by atoms with E-state index in [1.165, 1.54) is 0 Å². The van der Waals surface area contributed by atoms with Gasteiger partial charge < -0.3 is 0 Å². The Labute approximate surface area is 165 Å². The molecule has 1 aliphatic heterocycles. The van der Waals surface area contributed by atoms with E-state index < -0.39 is 11.8 Å². The first-order valence-corrected chi connectivity index (χ1v) is 9.15. The fourth-order valence-electron chi connectivity index (χ4n) is 3.64. The predicted molar refractivity (Wildman–Crippen MR) is 111 cm³/mol. The average molecular weight is 385 g/mol. The first kappa shape index (κ1) is 16.7. The number of rotatable bonds is 2. The van der Waals surface area contributed by atoms with Crippen molar-refractivity contribution in [3.8, 4) is 0 Å². The van der Waals surface area contributed by atoms with Crippen molar-refractivity contribution in [2.24, 2.45) is 5.10 Å². The Morgan fingerprint density at radius 1 is 0.679 bits per heavy atom. The molecule has 0 N–H and O–H groups in total. The molecular formula is C23H13ClN2O2. The highest BCUT2D eigenvalue weighted by molar-refractivity contribution is 6.42. The summed E-state index contributed by atoms with van der Waals surface area (Å²) >= 11 is 6.62. The number of imide groups is 1. The molecule has 0 unspecified atom stereocenters. The normalized spacial score (nSPS) is 13.8. The van der Waals surface area contributed by atoms with Gasteiger partial charge in [0.25, 0.3) is 11.8 Å². The molecule has 0 spiro atoms. The van der Waals surface area contributed by atoms with Crippen molar-refractivity contribution >= 4 is 51.2 Å². The Morgan fingerprint density at radius 3 is 1.61 bits per heavy atom. The maximum absolute atomic E-state index is 12.6. The summed E-state index contributed by atoms with van der Waals surface area (Å²) in [5, 5.41) is 9.46. The Kier molecular flexibility index (Phi) is 3.74. The Bertz CT molecular complexity index is 1230. The maximum Gasteiger partial charge on any atom is 0.282 e. The number of amides is 2. The van der Waals surface area contributed by atoms with Crippen LogP contribution in [-0.2, 0) is 0 Å². The van der Waals surface area contributed by atoms with Gasteiger partial charge in [-0.3, -0.25) is 9.59 Å². The summed E-state index contributed by atoms with van der Waals surface area (Å²) in [5.41, 5.74) is 1.55. The topological polar surface area (TPSA) is 49.7 Å². The van der Waals surface area contributed by atoms with Gasteiger partial charge in [0.2, 0.25) is 0 Å². The highest BCUT2D eigenvalue weighted by atomic mass is 35.5. The van der Waals surface area contributed by atoms with Crippen molar-refractivity contribution < 1.29 is 9.59 Å². The first-order chi connectivity index (χ1) is 13.7. The summed E-state index contributed by atoms with van der Waals surface area (Å²) in [4.78, 5) is 25.2. The number of hydrogen-bond donors (Lipinski definition) is 0. The highest BCUT2D eigenvalue weighted by Gasteiger charge is 2.35. The smallest absolute Gasteiger partial charge is 0.267 e. The minimum absolute atomic E-state index is 0.371. The molecule has 1 heterocycles. The van der Waals surface area contributed by atoms with Crippen molar-refractivity contribution in [3.05, 3.63) is 94.5 Å². The number of halogens is 1. The lowest BCUT2D eigenvalue weighted by molar-refractivity contribution is 0.0660. The molecule has 0 fully saturated rings. The lowest BCUT2D eigenvalue weighted by Gasteiger charge is -2.11. The standard InChI is InChI=1S/C23H13ClN2O2/c24-21-16-9-3-1-7-14(16)20(15-8-2-4-10-17(15)21)13-25-26-22(27)18-11-5-6-12-19(18)23(26)28/h1-13H/b25-13-. The van der Waals surface area contributed by atoms with Crippen LogP contribution in [0.15, 0.2) is 77.9 Å². The van der Waals surface area contributed by atoms with E-state index in [4.69, 9.17) is 11.6 Å². The molecule has 0 aliphatic carbocycles. The SMILES string of the molecule is O=C1c2ccccc2C(=O)N1/N=C\c1c2ccccc2c(Cl)c2ccccc12. The van der Waals surface area contributed by atoms with Crippen molar-refractivity contribution in [3.63, 3.8) is 0 Å². The van der Waals surface area contributed by atoms with Crippen LogP contribution in [0.3, 0.4) is 0 Å². The van der Waals surface area contributed by atoms with Crippen molar-refractivity contribution in [2.45, 2.75) is 0 Å². The number of fused-ring (bicyclic) bond motifs is 3. The summed E-state index contributed by atoms with van der Waals surface area (Å²) in [6.07, 6.45) is 1.57. The van der Waals surface area contributed by atoms with E-state index >= 15 is 0 Å². The average Bonchev–Trinajstić information content (AvgIpc) is 2.99. The Hall–Kier alpha value is -3.50. The lowest BCUT2D eigenvalue weighted by atomic mass is 9.97. The van der Waals surface area contributed by atoms with Crippen LogP contribution in [0.4, 0.5) is 0 Å². The maximum atomic E-state index is 12.6. The Balaban J connectivity index is 1.69. The summed E-state index contributed by atoms with van der Waals surface area (Å²) in [6, 6.07) is 22.2. The molecule has 5 heteroatoms. The molecule has 1 aliphatic rings. The molecular weight excluding hydrogens is 372 g/mol. The van der Waals surface area contributed by atoms with Crippen LogP contribution < -0.4 is 0 Å². The number of hydrogen-bond acceptors (Lipinski definition) is 3. The zero-order valence-electron chi connectivity index (χ0n) is 14.6. The summed E-state index contributed by atoms with van der Waals surface area (Å²) in [7, 11) is 0. The Morgan fingerprint density at radius 2 is 1.11 bits per heavy atom. The van der Waals surface area contributed by atoms with Crippen LogP contribution in [-0.4, -0.2) is 23.0 Å². The van der Waals surface area contributed by atoms with E-state index in [2.05, 4.69) is 5.10 Å². The highest BCUT2D eigenvalue weighted by Crippen LogP contribution is 2.35. The number of carbonyl (C=O) groups excluding carboxylic acids is 2. The summed E-state index contributed by atoms with van der Waals surface area (Å²) in [5.74, 6) is -0.834. The fraction of sp³-hybridized carbons (Fsp3) is 0. The quantitative estimate of drug-likeness (QED) is 0.268. The molecule has 0 atom stereocenters. The minimum atomic E-state index is -0.417. The molecule has 2 amide bonds. The largest absolute Gasteiger partial charge is 0.282 e. The molecule has 0 aromatic heterocycles. The zero-order valence-corrected chi connectivity index (χ0v) is 15.4. The molecule has 0 saturated heterocycles. The summed E-state index contributed by atoms with van der Waals surface area (Å²) < 4.78 is 0. The third kappa shape index (κ3) is 2.35. The van der Waals surface area contributed by atoms with Crippen LogP contribution in [0, 0.1) is 0 Å². The van der Waals surface area contributed by atoms with Gasteiger partial charge in [0.05, 0.1) is 22.4 Å². The summed E-state index contributed by atoms with van der Waals surface area (Å²) in [6.45, 7) is 0. The van der Waals surface area contributed by atoms with Gasteiger partial charge >= 0.3 is 0 Å². The molecule has 28 heavy (non-hydrogen) atoms. The van der Waals surface area contributed by atoms with E-state index in [1.807, 2.05) is 48.5 Å². The number of benzene rings is 4. The minimum Gasteiger partial charge on any atom is -0.267 e. The third-order valence-corrected chi connectivity index (χ3v) is 5.39. The van der Waals surface area contributed by atoms with Gasteiger partial charge in [-0.1, -0.05) is 72.3 Å². The molecule has 0 radical (unpaired) electrons. The van der Waals surface area contributed by atoms with Gasteiger partial charge in [-0.2, -0.15) is 10.1 Å². The zero-order chi connectivity index (χ0) is 19.3. The number of hydrazone groups is 1. The molecule has 4 aromatic rings.